The second kappa shape index (κ2) is 8.64. The van der Waals surface area contributed by atoms with Crippen LogP contribution in [0.2, 0.25) is 0 Å². The number of aromatic nitrogens is 3. The molecule has 5 heterocycles. The van der Waals surface area contributed by atoms with Gasteiger partial charge in [0.15, 0.2) is 5.11 Å². The van der Waals surface area contributed by atoms with Crippen LogP contribution in [0.4, 0.5) is 0 Å². The van der Waals surface area contributed by atoms with Crippen molar-refractivity contribution in [2.45, 2.75) is 51.8 Å². The molecule has 3 aromatic rings. The van der Waals surface area contributed by atoms with Gasteiger partial charge in [0.05, 0.1) is 23.9 Å². The zero-order valence-electron chi connectivity index (χ0n) is 18.8. The van der Waals surface area contributed by atoms with Crippen LogP contribution in [0, 0.1) is 20.8 Å². The van der Waals surface area contributed by atoms with Crippen molar-refractivity contribution in [3.63, 3.8) is 0 Å². The standard InChI is InChI=1S/C25H29N5OS/c1-16-9-11-27-22(13-16)30-17(2)14-20(18(30)3)24-23(21-8-4-5-10-26-21)28-25(32)29(24)15-19-7-6-12-31-19/h4-5,8-11,13-14,19,23-24H,6-7,12,15H2,1-3H3,(H,28,32). The highest BCUT2D eigenvalue weighted by atomic mass is 32.1. The van der Waals surface area contributed by atoms with E-state index in [1.807, 2.05) is 30.6 Å². The lowest BCUT2D eigenvalue weighted by Gasteiger charge is -2.30. The van der Waals surface area contributed by atoms with Gasteiger partial charge in [0.1, 0.15) is 5.82 Å². The Kier molecular flexibility index (Phi) is 5.69. The van der Waals surface area contributed by atoms with E-state index in [-0.39, 0.29) is 18.2 Å². The lowest BCUT2D eigenvalue weighted by Crippen LogP contribution is -2.36. The Morgan fingerprint density at radius 3 is 2.72 bits per heavy atom. The molecule has 166 valence electrons. The number of aryl methyl sites for hydroxylation is 2. The zero-order chi connectivity index (χ0) is 22.2. The van der Waals surface area contributed by atoms with E-state index in [9.17, 15) is 0 Å². The molecule has 3 atom stereocenters. The molecule has 0 bridgehead atoms. The first-order valence-corrected chi connectivity index (χ1v) is 11.7. The number of hydrogen-bond acceptors (Lipinski definition) is 4. The van der Waals surface area contributed by atoms with Gasteiger partial charge in [0.25, 0.3) is 0 Å². The molecule has 0 aromatic carbocycles. The van der Waals surface area contributed by atoms with Crippen molar-refractivity contribution in [1.82, 2.24) is 24.8 Å². The summed E-state index contributed by atoms with van der Waals surface area (Å²) in [6.07, 6.45) is 6.12. The first-order valence-electron chi connectivity index (χ1n) is 11.2. The second-order valence-corrected chi connectivity index (χ2v) is 9.15. The fourth-order valence-corrected chi connectivity index (χ4v) is 5.35. The molecule has 2 aliphatic heterocycles. The first-order chi connectivity index (χ1) is 15.5. The third kappa shape index (κ3) is 3.80. The van der Waals surface area contributed by atoms with Crippen LogP contribution >= 0.6 is 12.2 Å². The molecule has 7 heteroatoms. The van der Waals surface area contributed by atoms with E-state index in [4.69, 9.17) is 17.0 Å². The van der Waals surface area contributed by atoms with Crippen LogP contribution < -0.4 is 5.32 Å². The number of rotatable bonds is 5. The SMILES string of the molecule is Cc1ccnc(-n2c(C)cc(C3C(c4ccccn4)NC(=S)N3CC3CCCO3)c2C)c1. The van der Waals surface area contributed by atoms with Gasteiger partial charge in [0.2, 0.25) is 0 Å². The van der Waals surface area contributed by atoms with Crippen molar-refractivity contribution in [3.8, 4) is 5.82 Å². The Morgan fingerprint density at radius 1 is 1.12 bits per heavy atom. The topological polar surface area (TPSA) is 55.2 Å². The molecule has 6 nitrogen and oxygen atoms in total. The number of nitrogens with zero attached hydrogens (tertiary/aromatic N) is 4. The van der Waals surface area contributed by atoms with Gasteiger partial charge < -0.3 is 19.5 Å². The molecular formula is C25H29N5OS. The maximum absolute atomic E-state index is 5.97. The van der Waals surface area contributed by atoms with E-state index in [2.05, 4.69) is 63.7 Å². The summed E-state index contributed by atoms with van der Waals surface area (Å²) in [5.74, 6) is 0.944. The van der Waals surface area contributed by atoms with E-state index in [1.165, 1.54) is 16.8 Å². The molecule has 32 heavy (non-hydrogen) atoms. The van der Waals surface area contributed by atoms with Crippen molar-refractivity contribution in [2.24, 2.45) is 0 Å². The molecule has 0 spiro atoms. The number of hydrogen-bond donors (Lipinski definition) is 1. The lowest BCUT2D eigenvalue weighted by atomic mass is 9.96. The van der Waals surface area contributed by atoms with Crippen LogP contribution in [0.3, 0.4) is 0 Å². The molecule has 2 saturated heterocycles. The number of ether oxygens (including phenoxy) is 1. The summed E-state index contributed by atoms with van der Waals surface area (Å²) in [7, 11) is 0. The second-order valence-electron chi connectivity index (χ2n) is 8.77. The van der Waals surface area contributed by atoms with Crippen molar-refractivity contribution in [2.75, 3.05) is 13.2 Å². The van der Waals surface area contributed by atoms with Gasteiger partial charge in [-0.3, -0.25) is 4.98 Å². The Labute approximate surface area is 194 Å². The molecule has 5 rings (SSSR count). The fourth-order valence-electron chi connectivity index (χ4n) is 5.03. The fraction of sp³-hybridized carbons (Fsp3) is 0.400. The minimum atomic E-state index is -0.0236. The van der Waals surface area contributed by atoms with Crippen molar-refractivity contribution in [3.05, 3.63) is 77.0 Å². The Balaban J connectivity index is 1.59. The van der Waals surface area contributed by atoms with Crippen LogP contribution in [-0.4, -0.2) is 43.8 Å². The van der Waals surface area contributed by atoms with Crippen LogP contribution in [0.1, 0.15) is 53.1 Å². The first kappa shape index (κ1) is 21.1. The summed E-state index contributed by atoms with van der Waals surface area (Å²) in [6, 6.07) is 12.5. The summed E-state index contributed by atoms with van der Waals surface area (Å²) in [5, 5.41) is 4.33. The minimum Gasteiger partial charge on any atom is -0.376 e. The monoisotopic (exact) mass is 447 g/mol. The third-order valence-corrected chi connectivity index (χ3v) is 6.89. The van der Waals surface area contributed by atoms with Crippen LogP contribution in [0.5, 0.6) is 0 Å². The summed E-state index contributed by atoms with van der Waals surface area (Å²) in [6.45, 7) is 8.03. The molecular weight excluding hydrogens is 418 g/mol. The van der Waals surface area contributed by atoms with Crippen LogP contribution in [0.15, 0.2) is 48.8 Å². The Hall–Kier alpha value is -2.77. The van der Waals surface area contributed by atoms with E-state index in [0.717, 1.165) is 48.3 Å². The summed E-state index contributed by atoms with van der Waals surface area (Å²) in [5.41, 5.74) is 5.76. The molecule has 0 saturated carbocycles. The van der Waals surface area contributed by atoms with Gasteiger partial charge in [-0.25, -0.2) is 4.98 Å². The predicted octanol–water partition coefficient (Wildman–Crippen LogP) is 4.34. The number of thiocarbonyl (C=S) groups is 1. The highest BCUT2D eigenvalue weighted by Gasteiger charge is 2.42. The van der Waals surface area contributed by atoms with Crippen molar-refractivity contribution < 1.29 is 4.74 Å². The smallest absolute Gasteiger partial charge is 0.170 e. The van der Waals surface area contributed by atoms with E-state index < -0.39 is 0 Å². The molecule has 0 aliphatic carbocycles. The van der Waals surface area contributed by atoms with Crippen LogP contribution in [0.25, 0.3) is 5.82 Å². The predicted molar refractivity (Wildman–Crippen MR) is 129 cm³/mol. The Bertz CT molecular complexity index is 1120. The zero-order valence-corrected chi connectivity index (χ0v) is 19.6. The lowest BCUT2D eigenvalue weighted by molar-refractivity contribution is 0.0842. The van der Waals surface area contributed by atoms with Gasteiger partial charge in [-0.15, -0.1) is 0 Å². The van der Waals surface area contributed by atoms with E-state index in [0.29, 0.717) is 0 Å². The molecule has 2 aliphatic rings. The van der Waals surface area contributed by atoms with E-state index in [1.54, 1.807) is 0 Å². The van der Waals surface area contributed by atoms with Gasteiger partial charge in [-0.2, -0.15) is 0 Å². The van der Waals surface area contributed by atoms with Gasteiger partial charge in [-0.1, -0.05) is 6.07 Å². The van der Waals surface area contributed by atoms with Crippen molar-refractivity contribution in [1.29, 1.82) is 0 Å². The average Bonchev–Trinajstić information content (AvgIpc) is 3.48. The highest BCUT2D eigenvalue weighted by molar-refractivity contribution is 7.80. The Morgan fingerprint density at radius 2 is 2.00 bits per heavy atom. The third-order valence-electron chi connectivity index (χ3n) is 6.54. The van der Waals surface area contributed by atoms with Crippen LogP contribution in [-0.2, 0) is 4.74 Å². The largest absolute Gasteiger partial charge is 0.376 e. The summed E-state index contributed by atoms with van der Waals surface area (Å²) >= 11 is 5.84. The van der Waals surface area contributed by atoms with Gasteiger partial charge in [0, 0.05) is 36.9 Å². The minimum absolute atomic E-state index is 0.0236. The normalized spacial score (nSPS) is 23.0. The molecule has 0 radical (unpaired) electrons. The summed E-state index contributed by atoms with van der Waals surface area (Å²) < 4.78 is 8.21. The molecule has 0 amide bonds. The maximum Gasteiger partial charge on any atom is 0.170 e. The van der Waals surface area contributed by atoms with Crippen molar-refractivity contribution >= 4 is 17.3 Å². The van der Waals surface area contributed by atoms with Gasteiger partial charge in [-0.05, 0) is 87.3 Å². The molecule has 3 unspecified atom stereocenters. The molecule has 2 fully saturated rings. The number of nitrogens with one attached hydrogen (secondary N) is 1. The van der Waals surface area contributed by atoms with E-state index >= 15 is 0 Å². The quantitative estimate of drug-likeness (QED) is 0.587. The molecule has 1 N–H and O–H groups in total. The van der Waals surface area contributed by atoms with Gasteiger partial charge >= 0.3 is 0 Å². The maximum atomic E-state index is 5.97. The number of pyridine rings is 2. The average molecular weight is 448 g/mol. The highest BCUT2D eigenvalue weighted by Crippen LogP contribution is 2.41. The molecule has 3 aromatic heterocycles. The summed E-state index contributed by atoms with van der Waals surface area (Å²) in [4.78, 5) is 11.6.